The minimum Gasteiger partial charge on any atom is -0.481 e. The van der Waals surface area contributed by atoms with Gasteiger partial charge in [0.05, 0.1) is 22.6 Å². The van der Waals surface area contributed by atoms with Crippen LogP contribution in [-0.2, 0) is 14.6 Å². The Morgan fingerprint density at radius 1 is 1.18 bits per heavy atom. The van der Waals surface area contributed by atoms with Crippen LogP contribution >= 0.6 is 0 Å². The Hall–Kier alpha value is -1.89. The first-order valence-electron chi connectivity index (χ1n) is 4.61. The van der Waals surface area contributed by atoms with Crippen molar-refractivity contribution >= 4 is 21.8 Å². The van der Waals surface area contributed by atoms with E-state index >= 15 is 0 Å². The third-order valence-corrected chi connectivity index (χ3v) is 3.74. The summed E-state index contributed by atoms with van der Waals surface area (Å²) in [6.45, 7) is 0. The van der Waals surface area contributed by atoms with E-state index in [-0.39, 0.29) is 10.5 Å². The highest BCUT2D eigenvalue weighted by molar-refractivity contribution is 7.91. The van der Waals surface area contributed by atoms with E-state index < -0.39 is 33.9 Å². The maximum absolute atomic E-state index is 11.7. The lowest BCUT2D eigenvalue weighted by atomic mass is 10.2. The largest absolute Gasteiger partial charge is 0.481 e. The Morgan fingerprint density at radius 2 is 1.82 bits per heavy atom. The summed E-state index contributed by atoms with van der Waals surface area (Å²) in [5.41, 5.74) is -0.151. The maximum atomic E-state index is 11.7. The van der Waals surface area contributed by atoms with Gasteiger partial charge in [0.15, 0.2) is 9.84 Å². The van der Waals surface area contributed by atoms with E-state index in [0.29, 0.717) is 0 Å². The topological polar surface area (TPSA) is 109 Å². The molecule has 0 radical (unpaired) electrons. The summed E-state index contributed by atoms with van der Waals surface area (Å²) in [6, 6.07) is 4.82. The molecule has 92 valence electrons. The lowest BCUT2D eigenvalue weighted by molar-refractivity contribution is -0.136. The normalized spacial score (nSPS) is 11.1. The molecule has 0 atom stereocenters. The van der Waals surface area contributed by atoms with E-state index in [2.05, 4.69) is 0 Å². The molecule has 17 heavy (non-hydrogen) atoms. The number of carboxylic acids is 2. The van der Waals surface area contributed by atoms with Gasteiger partial charge in [-0.2, -0.15) is 0 Å². The summed E-state index contributed by atoms with van der Waals surface area (Å²) in [4.78, 5) is 20.8. The van der Waals surface area contributed by atoms with Gasteiger partial charge in [-0.1, -0.05) is 6.07 Å². The fraction of sp³-hybridized carbons (Fsp3) is 0.200. The molecule has 0 aliphatic carbocycles. The molecule has 0 unspecified atom stereocenters. The Balaban J connectivity index is 3.03. The molecule has 7 heteroatoms. The van der Waals surface area contributed by atoms with Gasteiger partial charge in [-0.3, -0.25) is 4.79 Å². The fourth-order valence-electron chi connectivity index (χ4n) is 1.16. The van der Waals surface area contributed by atoms with E-state index in [0.717, 1.165) is 6.07 Å². The van der Waals surface area contributed by atoms with Gasteiger partial charge in [0.25, 0.3) is 0 Å². The van der Waals surface area contributed by atoms with E-state index in [4.69, 9.17) is 10.2 Å². The SMILES string of the molecule is O=C(O)CCS(=O)(=O)c1cccc(C(=O)O)c1. The van der Waals surface area contributed by atoms with Crippen LogP contribution in [0.25, 0.3) is 0 Å². The van der Waals surface area contributed by atoms with Crippen molar-refractivity contribution in [3.8, 4) is 0 Å². The lowest BCUT2D eigenvalue weighted by Gasteiger charge is -2.03. The number of rotatable bonds is 5. The number of benzene rings is 1. The summed E-state index contributed by atoms with van der Waals surface area (Å²) in [7, 11) is -3.76. The van der Waals surface area contributed by atoms with Crippen LogP contribution in [0.2, 0.25) is 0 Å². The van der Waals surface area contributed by atoms with Gasteiger partial charge in [-0.25, -0.2) is 13.2 Å². The number of aromatic carboxylic acids is 1. The standard InChI is InChI=1S/C10H10O6S/c11-9(12)4-5-17(15,16)8-3-1-2-7(6-8)10(13)14/h1-3,6H,4-5H2,(H,11,12)(H,13,14). The molecule has 2 N–H and O–H groups in total. The molecular formula is C10H10O6S. The van der Waals surface area contributed by atoms with Gasteiger partial charge in [-0.15, -0.1) is 0 Å². The third kappa shape index (κ3) is 3.56. The molecular weight excluding hydrogens is 248 g/mol. The Morgan fingerprint density at radius 3 is 2.35 bits per heavy atom. The zero-order valence-electron chi connectivity index (χ0n) is 8.66. The maximum Gasteiger partial charge on any atom is 0.335 e. The molecule has 0 bridgehead atoms. The van der Waals surface area contributed by atoms with Crippen LogP contribution in [0.5, 0.6) is 0 Å². The molecule has 1 aromatic rings. The highest BCUT2D eigenvalue weighted by Gasteiger charge is 2.17. The summed E-state index contributed by atoms with van der Waals surface area (Å²) in [6.07, 6.45) is -0.514. The zero-order chi connectivity index (χ0) is 13.1. The molecule has 0 aliphatic heterocycles. The molecule has 0 heterocycles. The van der Waals surface area contributed by atoms with Crippen molar-refractivity contribution in [2.75, 3.05) is 5.75 Å². The van der Waals surface area contributed by atoms with Crippen molar-refractivity contribution in [1.29, 1.82) is 0 Å². The monoisotopic (exact) mass is 258 g/mol. The Bertz CT molecular complexity index is 546. The second kappa shape index (κ2) is 4.96. The van der Waals surface area contributed by atoms with E-state index in [9.17, 15) is 18.0 Å². The van der Waals surface area contributed by atoms with Gasteiger partial charge in [0.2, 0.25) is 0 Å². The first-order chi connectivity index (χ1) is 7.83. The van der Waals surface area contributed by atoms with Crippen LogP contribution < -0.4 is 0 Å². The number of sulfone groups is 1. The van der Waals surface area contributed by atoms with Crippen LogP contribution in [0.15, 0.2) is 29.2 Å². The van der Waals surface area contributed by atoms with Gasteiger partial charge in [0, 0.05) is 0 Å². The molecule has 1 aromatic carbocycles. The van der Waals surface area contributed by atoms with Crippen LogP contribution in [0.1, 0.15) is 16.8 Å². The molecule has 0 saturated carbocycles. The quantitative estimate of drug-likeness (QED) is 0.801. The van der Waals surface area contributed by atoms with Crippen LogP contribution in [0.4, 0.5) is 0 Å². The van der Waals surface area contributed by atoms with Crippen molar-refractivity contribution in [3.05, 3.63) is 29.8 Å². The summed E-state index contributed by atoms with van der Waals surface area (Å²) in [5.74, 6) is -3.01. The molecule has 0 fully saturated rings. The highest BCUT2D eigenvalue weighted by atomic mass is 32.2. The number of aliphatic carboxylic acids is 1. The molecule has 6 nitrogen and oxygen atoms in total. The number of hydrogen-bond acceptors (Lipinski definition) is 4. The van der Waals surface area contributed by atoms with Gasteiger partial charge in [-0.05, 0) is 18.2 Å². The minimum absolute atomic E-state index is 0.151. The van der Waals surface area contributed by atoms with Crippen molar-refractivity contribution in [1.82, 2.24) is 0 Å². The second-order valence-electron chi connectivity index (χ2n) is 3.30. The predicted octanol–water partition coefficient (Wildman–Crippen LogP) is 0.633. The average molecular weight is 258 g/mol. The molecule has 0 aliphatic rings. The molecule has 0 saturated heterocycles. The van der Waals surface area contributed by atoms with Gasteiger partial charge >= 0.3 is 11.9 Å². The van der Waals surface area contributed by atoms with Gasteiger partial charge < -0.3 is 10.2 Å². The average Bonchev–Trinajstić information content (AvgIpc) is 2.27. The van der Waals surface area contributed by atoms with Crippen molar-refractivity contribution < 1.29 is 28.2 Å². The highest BCUT2D eigenvalue weighted by Crippen LogP contribution is 2.14. The Labute approximate surface area is 97.4 Å². The molecule has 0 aromatic heterocycles. The Kier molecular flexibility index (Phi) is 3.84. The second-order valence-corrected chi connectivity index (χ2v) is 5.40. The van der Waals surface area contributed by atoms with Crippen molar-refractivity contribution in [2.45, 2.75) is 11.3 Å². The lowest BCUT2D eigenvalue weighted by Crippen LogP contribution is -2.11. The van der Waals surface area contributed by atoms with Crippen LogP contribution in [-0.4, -0.2) is 36.3 Å². The van der Waals surface area contributed by atoms with Crippen molar-refractivity contribution in [2.24, 2.45) is 0 Å². The van der Waals surface area contributed by atoms with Crippen LogP contribution in [0.3, 0.4) is 0 Å². The minimum atomic E-state index is -3.76. The fourth-order valence-corrected chi connectivity index (χ4v) is 2.43. The summed E-state index contributed by atoms with van der Waals surface area (Å²) >= 11 is 0. The first-order valence-corrected chi connectivity index (χ1v) is 6.26. The number of carboxylic acid groups (broad SMARTS) is 2. The summed E-state index contributed by atoms with van der Waals surface area (Å²) < 4.78 is 23.3. The number of hydrogen-bond donors (Lipinski definition) is 2. The van der Waals surface area contributed by atoms with Crippen molar-refractivity contribution in [3.63, 3.8) is 0 Å². The van der Waals surface area contributed by atoms with E-state index in [1.807, 2.05) is 0 Å². The molecule has 1 rings (SSSR count). The van der Waals surface area contributed by atoms with Crippen LogP contribution in [0, 0.1) is 0 Å². The third-order valence-electron chi connectivity index (χ3n) is 2.02. The smallest absolute Gasteiger partial charge is 0.335 e. The summed E-state index contributed by atoms with van der Waals surface area (Å²) in [5, 5.41) is 17.1. The zero-order valence-corrected chi connectivity index (χ0v) is 9.48. The van der Waals surface area contributed by atoms with E-state index in [1.54, 1.807) is 0 Å². The molecule has 0 spiro atoms. The number of carbonyl (C=O) groups is 2. The predicted molar refractivity (Wildman–Crippen MR) is 57.7 cm³/mol. The van der Waals surface area contributed by atoms with E-state index in [1.165, 1.54) is 18.2 Å². The first kappa shape index (κ1) is 13.2. The molecule has 0 amide bonds. The van der Waals surface area contributed by atoms with Gasteiger partial charge in [0.1, 0.15) is 0 Å².